The Kier molecular flexibility index (Phi) is 36.3. The number of nitrogens with one attached hydrogen (secondary N) is 9. The molecule has 5 aromatic heterocycles. The van der Waals surface area contributed by atoms with Gasteiger partial charge < -0.3 is 52.8 Å². The van der Waals surface area contributed by atoms with Gasteiger partial charge in [-0.1, -0.05) is 82.1 Å². The molecule has 16 rings (SSSR count). The fourth-order valence-electron chi connectivity index (χ4n) is 17.7. The third-order valence-electron chi connectivity index (χ3n) is 25.3. The van der Waals surface area contributed by atoms with Crippen molar-refractivity contribution in [1.82, 2.24) is 76.0 Å². The number of rotatable bonds is 33. The minimum absolute atomic E-state index is 0.0263. The lowest BCUT2D eigenvalue weighted by molar-refractivity contribution is -0.118. The Morgan fingerprint density at radius 2 is 0.574 bits per heavy atom. The van der Waals surface area contributed by atoms with Gasteiger partial charge >= 0.3 is 0 Å². The maximum absolute atomic E-state index is 12.5. The van der Waals surface area contributed by atoms with Crippen LogP contribution >= 0.6 is 0 Å². The zero-order chi connectivity index (χ0) is 101. The molecule has 0 atom stereocenters. The van der Waals surface area contributed by atoms with Crippen LogP contribution in [0.1, 0.15) is 280 Å². The Morgan fingerprint density at radius 3 is 0.801 bits per heavy atom. The van der Waals surface area contributed by atoms with Crippen molar-refractivity contribution in [3.63, 3.8) is 0 Å². The molecular formula is C106H135N25O10. The third-order valence-corrected chi connectivity index (χ3v) is 25.3. The Labute approximate surface area is 826 Å². The average molecular weight is 1920 g/mol. The number of carbonyl (C=O) groups excluding carboxylic acids is 10. The van der Waals surface area contributed by atoms with E-state index in [9.17, 15) is 47.9 Å². The van der Waals surface area contributed by atoms with Crippen LogP contribution in [0, 0.1) is 0 Å². The van der Waals surface area contributed by atoms with Crippen LogP contribution in [0.15, 0.2) is 152 Å². The topological polar surface area (TPSA) is 427 Å². The van der Waals surface area contributed by atoms with Crippen LogP contribution in [0.4, 0.5) is 87.3 Å². The summed E-state index contributed by atoms with van der Waals surface area (Å²) in [5.74, 6) is 5.70. The van der Waals surface area contributed by atoms with Crippen LogP contribution in [-0.4, -0.2) is 182 Å². The predicted octanol–water partition coefficient (Wildman–Crippen LogP) is 17.3. The molecule has 1 aliphatic carbocycles. The van der Waals surface area contributed by atoms with Crippen molar-refractivity contribution in [2.24, 2.45) is 0 Å². The maximum Gasteiger partial charge on any atom is 0.253 e. The summed E-state index contributed by atoms with van der Waals surface area (Å²) in [6.07, 6.45) is 23.7. The summed E-state index contributed by atoms with van der Waals surface area (Å²) in [7, 11) is 3.44. The normalized spacial score (nSPS) is 13.9. The molecule has 744 valence electrons. The second-order valence-corrected chi connectivity index (χ2v) is 37.1. The molecule has 0 bridgehead atoms. The van der Waals surface area contributed by atoms with E-state index in [-0.39, 0.29) is 101 Å². The van der Waals surface area contributed by atoms with Gasteiger partial charge in [-0.05, 0) is 240 Å². The van der Waals surface area contributed by atoms with Crippen molar-refractivity contribution in [1.29, 1.82) is 0 Å². The van der Waals surface area contributed by atoms with Gasteiger partial charge in [0.05, 0.1) is 32.1 Å². The lowest BCUT2D eigenvalue weighted by Crippen LogP contribution is -2.40. The smallest absolute Gasteiger partial charge is 0.253 e. The molecule has 6 aliphatic rings. The fourth-order valence-corrected chi connectivity index (χ4v) is 17.7. The molecule has 10 aromatic rings. The molecule has 5 aliphatic heterocycles. The van der Waals surface area contributed by atoms with E-state index in [1.807, 2.05) is 117 Å². The predicted molar refractivity (Wildman–Crippen MR) is 552 cm³/mol. The van der Waals surface area contributed by atoms with Crippen LogP contribution < -0.4 is 72.4 Å². The Morgan fingerprint density at radius 1 is 0.340 bits per heavy atom. The second-order valence-electron chi connectivity index (χ2n) is 37.1. The quantitative estimate of drug-likeness (QED) is 0.0184. The first kappa shape index (κ1) is 105. The van der Waals surface area contributed by atoms with Crippen molar-refractivity contribution in [2.75, 3.05) is 71.7 Å². The molecule has 1 saturated carbocycles. The summed E-state index contributed by atoms with van der Waals surface area (Å²) in [6, 6.07) is 37.0. The molecule has 0 unspecified atom stereocenters. The van der Waals surface area contributed by atoms with E-state index in [1.165, 1.54) is 17.7 Å². The molecule has 10 heterocycles. The van der Waals surface area contributed by atoms with Crippen LogP contribution in [0.25, 0.3) is 0 Å². The summed E-state index contributed by atoms with van der Waals surface area (Å²) < 4.78 is 0. The molecule has 9 N–H and O–H groups in total. The van der Waals surface area contributed by atoms with Crippen LogP contribution in [0.2, 0.25) is 0 Å². The van der Waals surface area contributed by atoms with Crippen molar-refractivity contribution in [3.8, 4) is 0 Å². The molecule has 0 radical (unpaired) electrons. The average Bonchev–Trinajstić information content (AvgIpc) is 1.66. The van der Waals surface area contributed by atoms with Gasteiger partial charge in [0.25, 0.3) is 29.5 Å². The molecule has 35 nitrogen and oxygen atoms in total. The highest BCUT2D eigenvalue weighted by Crippen LogP contribution is 2.38. The number of hydrogen-bond donors (Lipinski definition) is 9. The van der Waals surface area contributed by atoms with Crippen LogP contribution in [-0.2, 0) is 56.1 Å². The summed E-state index contributed by atoms with van der Waals surface area (Å²) in [5.41, 5.74) is 11.0. The maximum atomic E-state index is 12.5. The number of aromatic nitrogens is 10. The van der Waals surface area contributed by atoms with E-state index in [0.717, 1.165) is 133 Å². The van der Waals surface area contributed by atoms with Gasteiger partial charge in [0.15, 0.2) is 0 Å². The van der Waals surface area contributed by atoms with Crippen molar-refractivity contribution < 1.29 is 47.9 Å². The minimum atomic E-state index is -0.287. The number of nitrogens with zero attached hydrogens (tertiary/aromatic N) is 16. The number of carbonyl (C=O) groups is 10. The molecular weight excluding hydrogens is 1780 g/mol. The molecule has 10 amide bonds. The van der Waals surface area contributed by atoms with Crippen LogP contribution in [0.3, 0.4) is 0 Å². The van der Waals surface area contributed by atoms with E-state index < -0.39 is 0 Å². The number of benzene rings is 5. The number of anilines is 15. The van der Waals surface area contributed by atoms with E-state index >= 15 is 0 Å². The van der Waals surface area contributed by atoms with E-state index in [2.05, 4.69) is 167 Å². The molecule has 1 fully saturated rings. The zero-order valence-corrected chi connectivity index (χ0v) is 84.4. The van der Waals surface area contributed by atoms with Gasteiger partial charge in [-0.2, -0.15) is 24.9 Å². The molecule has 141 heavy (non-hydrogen) atoms. The SMILES string of the molecule is CCC(CC)N1C(=O)Cc2cnc(Nc3ccc(C(=O)N(C)C)cc3)nc21.CCC(CC)N1C(=O)Cc2cnc(Nc3ccc(C(=O)NC(C)(C)C)cc3)nc21.CCC(CC)N1C(=O)Cc2cnc(Nc3ccc(C(=O)NC(C)C)cc3)nc21.CCC(CC)N1C(=O)Cc2cnc(Nc3ccc(C(=O)NC4CCCC4)cc3)nc21.CCNC(=O)c1ccc(Nc2ncc3c(n2)N(C(CC)CC)C(=O)C3)cc1. The first-order valence-corrected chi connectivity index (χ1v) is 49.4. The van der Waals surface area contributed by atoms with Gasteiger partial charge in [-0.15, -0.1) is 0 Å². The van der Waals surface area contributed by atoms with Gasteiger partial charge in [0, 0.05) is 184 Å². The molecule has 35 heteroatoms. The molecule has 5 aromatic carbocycles. The minimum Gasteiger partial charge on any atom is -0.352 e. The first-order valence-electron chi connectivity index (χ1n) is 49.4. The first-order chi connectivity index (χ1) is 67.7. The number of fused-ring (bicyclic) bond motifs is 5. The second kappa shape index (κ2) is 48.7. The fraction of sp³-hybridized carbons (Fsp3) is 0.434. The summed E-state index contributed by atoms with van der Waals surface area (Å²) >= 11 is 0. The Balaban J connectivity index is 0.000000158. The van der Waals surface area contributed by atoms with E-state index in [1.54, 1.807) is 116 Å². The highest BCUT2D eigenvalue weighted by Gasteiger charge is 2.40. The Bertz CT molecular complexity index is 6050. The van der Waals surface area contributed by atoms with Gasteiger partial charge in [-0.25, -0.2) is 24.9 Å². The van der Waals surface area contributed by atoms with Crippen molar-refractivity contribution in [3.05, 3.63) is 208 Å². The van der Waals surface area contributed by atoms with Crippen LogP contribution in [0.5, 0.6) is 0 Å². The number of hydrogen-bond acceptors (Lipinski definition) is 25. The largest absolute Gasteiger partial charge is 0.352 e. The lowest BCUT2D eigenvalue weighted by atomic mass is 10.1. The Hall–Kier alpha value is -14.8. The highest BCUT2D eigenvalue weighted by atomic mass is 16.2. The van der Waals surface area contributed by atoms with Gasteiger partial charge in [0.1, 0.15) is 29.1 Å². The molecule has 0 spiro atoms. The van der Waals surface area contributed by atoms with Crippen molar-refractivity contribution >= 4 is 146 Å². The third kappa shape index (κ3) is 26.6. The lowest BCUT2D eigenvalue weighted by Gasteiger charge is -2.25. The van der Waals surface area contributed by atoms with Gasteiger partial charge in [-0.3, -0.25) is 72.4 Å². The summed E-state index contributed by atoms with van der Waals surface area (Å²) in [6.45, 7) is 33.0. The number of amides is 10. The summed E-state index contributed by atoms with van der Waals surface area (Å²) in [4.78, 5) is 178. The standard InChI is InChI=1S/C23H29N5O2.C22H29N5O2.C21H27N5O2.2C20H25N5O2/c1-3-19(4-2)28-20(29)13-16-14-24-23(27-21(16)28)26-18-11-9-15(10-12-18)22(30)25-17-7-5-6-8-17;1-6-17(7-2)27-18(28)12-15-13-23-21(25-19(15)27)24-16-10-8-14(9-11-16)20(29)26-22(3,4)5;1-5-17(6-2)26-18(27)11-15-12-22-21(25-19(15)26)24-16-9-7-14(8-10-16)20(28)23-13(3)4;1-5-16(6-2)25-17(26)11-14-12-21-20(23-18(14)25)22-15-9-7-13(8-10-15)19(27)24(3)4;1-4-16(5-2)25-17(26)11-14-12-22-20(24-18(14)25)23-15-9-7-13(8-10-15)19(27)21-6-3/h9-12,14,17,19H,3-8,13H2,1-2H3,(H,25,30)(H,24,26,27);8-11,13,17H,6-7,12H2,1-5H3,(H,26,29)(H,23,24,25);7-10,12-13,17H,5-6,11H2,1-4H3,(H,23,28)(H,22,24,25);7-10,12,16H,5-6,11H2,1-4H3,(H,21,22,23);7-10,12,16H,4-6,11H2,1-3H3,(H,21,27)(H,22,23,24). The van der Waals surface area contributed by atoms with E-state index in [4.69, 9.17) is 0 Å². The monoisotopic (exact) mass is 1920 g/mol. The van der Waals surface area contributed by atoms with Gasteiger partial charge in [0.2, 0.25) is 59.3 Å². The van der Waals surface area contributed by atoms with Crippen molar-refractivity contribution in [2.45, 2.75) is 281 Å². The highest BCUT2D eigenvalue weighted by molar-refractivity contribution is 6.05. The zero-order valence-electron chi connectivity index (χ0n) is 84.4. The summed E-state index contributed by atoms with van der Waals surface area (Å²) in [5, 5.41) is 27.5. The molecule has 0 saturated heterocycles. The van der Waals surface area contributed by atoms with E-state index in [0.29, 0.717) is 131 Å².